The number of rotatable bonds is 3. The Morgan fingerprint density at radius 2 is 2.00 bits per heavy atom. The zero-order valence-electron chi connectivity index (χ0n) is 10.9. The first kappa shape index (κ1) is 12.4. The van der Waals surface area contributed by atoms with Gasteiger partial charge in [-0.05, 0) is 38.0 Å². The van der Waals surface area contributed by atoms with Gasteiger partial charge < -0.3 is 9.15 Å². The van der Waals surface area contributed by atoms with Crippen LogP contribution in [0.2, 0.25) is 0 Å². The highest BCUT2D eigenvalue weighted by molar-refractivity contribution is 5.86. The Hall–Kier alpha value is -2.03. The van der Waals surface area contributed by atoms with E-state index in [4.69, 9.17) is 9.15 Å². The van der Waals surface area contributed by atoms with Gasteiger partial charge in [-0.15, -0.1) is 0 Å². The van der Waals surface area contributed by atoms with Gasteiger partial charge in [0.1, 0.15) is 17.9 Å². The maximum atomic E-state index is 11.4. The Morgan fingerprint density at radius 3 is 2.67 bits per heavy atom. The number of aryl methyl sites for hydroxylation is 3. The molecular weight excluding hydrogens is 228 g/mol. The fraction of sp³-hybridized carbons (Fsp3) is 0.267. The molecule has 0 saturated carbocycles. The quantitative estimate of drug-likeness (QED) is 0.614. The Labute approximate surface area is 106 Å². The molecule has 94 valence electrons. The third-order valence-electron chi connectivity index (χ3n) is 2.95. The predicted molar refractivity (Wildman–Crippen MR) is 72.4 cm³/mol. The minimum absolute atomic E-state index is 0.332. The summed E-state index contributed by atoms with van der Waals surface area (Å²) in [6.07, 6.45) is 1.69. The van der Waals surface area contributed by atoms with Crippen LogP contribution in [0, 0.1) is 20.8 Å². The van der Waals surface area contributed by atoms with Crippen LogP contribution >= 0.6 is 0 Å². The molecular formula is C15H16O3. The van der Waals surface area contributed by atoms with Crippen LogP contribution in [-0.2, 0) is 0 Å². The Morgan fingerprint density at radius 1 is 1.28 bits per heavy atom. The largest absolute Gasteiger partial charge is 0.489 e. The van der Waals surface area contributed by atoms with E-state index in [1.165, 1.54) is 6.07 Å². The molecule has 0 spiro atoms. The first-order valence-corrected chi connectivity index (χ1v) is 5.83. The molecule has 0 aliphatic rings. The van der Waals surface area contributed by atoms with Gasteiger partial charge in [-0.3, -0.25) is 0 Å². The lowest BCUT2D eigenvalue weighted by molar-refractivity contribution is 0.357. The highest BCUT2D eigenvalue weighted by Gasteiger charge is 2.12. The van der Waals surface area contributed by atoms with E-state index < -0.39 is 0 Å². The van der Waals surface area contributed by atoms with Crippen molar-refractivity contribution in [2.24, 2.45) is 0 Å². The SMILES string of the molecule is C=CCOc1c(C)cc2c(C)cc(=O)oc2c1C. The van der Waals surface area contributed by atoms with Crippen LogP contribution in [-0.4, -0.2) is 6.61 Å². The van der Waals surface area contributed by atoms with Crippen molar-refractivity contribution in [3.8, 4) is 5.75 Å². The molecule has 0 atom stereocenters. The molecule has 0 aliphatic heterocycles. The van der Waals surface area contributed by atoms with Crippen molar-refractivity contribution >= 4 is 11.0 Å². The minimum atomic E-state index is -0.332. The molecule has 1 heterocycles. The molecule has 2 rings (SSSR count). The molecule has 0 N–H and O–H groups in total. The van der Waals surface area contributed by atoms with E-state index in [0.717, 1.165) is 27.8 Å². The van der Waals surface area contributed by atoms with Crippen molar-refractivity contribution in [3.05, 3.63) is 51.9 Å². The lowest BCUT2D eigenvalue weighted by Gasteiger charge is -2.13. The average molecular weight is 244 g/mol. The van der Waals surface area contributed by atoms with Crippen LogP contribution < -0.4 is 10.4 Å². The smallest absolute Gasteiger partial charge is 0.336 e. The van der Waals surface area contributed by atoms with Gasteiger partial charge in [-0.2, -0.15) is 0 Å². The molecule has 0 saturated heterocycles. The third-order valence-corrected chi connectivity index (χ3v) is 2.95. The van der Waals surface area contributed by atoms with Crippen molar-refractivity contribution in [2.45, 2.75) is 20.8 Å². The van der Waals surface area contributed by atoms with Crippen molar-refractivity contribution in [1.82, 2.24) is 0 Å². The van der Waals surface area contributed by atoms with E-state index in [-0.39, 0.29) is 5.63 Å². The first-order chi connectivity index (χ1) is 8.54. The van der Waals surface area contributed by atoms with E-state index in [1.807, 2.05) is 26.8 Å². The molecule has 3 nitrogen and oxygen atoms in total. The van der Waals surface area contributed by atoms with Crippen molar-refractivity contribution in [3.63, 3.8) is 0 Å². The molecule has 0 aliphatic carbocycles. The number of ether oxygens (including phenoxy) is 1. The zero-order valence-corrected chi connectivity index (χ0v) is 10.9. The number of hydrogen-bond donors (Lipinski definition) is 0. The normalized spacial score (nSPS) is 10.6. The third kappa shape index (κ3) is 2.04. The van der Waals surface area contributed by atoms with Crippen molar-refractivity contribution in [1.29, 1.82) is 0 Å². The van der Waals surface area contributed by atoms with E-state index in [9.17, 15) is 4.79 Å². The number of fused-ring (bicyclic) bond motifs is 1. The topological polar surface area (TPSA) is 39.4 Å². The lowest BCUT2D eigenvalue weighted by Crippen LogP contribution is -2.02. The van der Waals surface area contributed by atoms with Gasteiger partial charge in [0.2, 0.25) is 0 Å². The van der Waals surface area contributed by atoms with Gasteiger partial charge in [-0.25, -0.2) is 4.79 Å². The molecule has 0 bridgehead atoms. The van der Waals surface area contributed by atoms with E-state index in [0.29, 0.717) is 12.2 Å². The zero-order chi connectivity index (χ0) is 13.3. The second-order valence-electron chi connectivity index (χ2n) is 4.37. The van der Waals surface area contributed by atoms with Gasteiger partial charge in [0.25, 0.3) is 0 Å². The van der Waals surface area contributed by atoms with Crippen LogP contribution in [0.15, 0.2) is 34.0 Å². The Kier molecular flexibility index (Phi) is 3.24. The van der Waals surface area contributed by atoms with Crippen molar-refractivity contribution in [2.75, 3.05) is 6.61 Å². The highest BCUT2D eigenvalue weighted by atomic mass is 16.5. The Balaban J connectivity index is 2.76. The molecule has 3 heteroatoms. The molecule has 18 heavy (non-hydrogen) atoms. The maximum Gasteiger partial charge on any atom is 0.336 e. The molecule has 0 amide bonds. The fourth-order valence-corrected chi connectivity index (χ4v) is 2.12. The summed E-state index contributed by atoms with van der Waals surface area (Å²) < 4.78 is 10.9. The van der Waals surface area contributed by atoms with Crippen LogP contribution in [0.4, 0.5) is 0 Å². The standard InChI is InChI=1S/C15H16O3/c1-5-6-17-14-10(3)7-12-9(2)8-13(16)18-15(12)11(14)4/h5,7-8H,1,6H2,2-4H3. The number of benzene rings is 1. The average Bonchev–Trinajstić information content (AvgIpc) is 2.31. The maximum absolute atomic E-state index is 11.4. The molecule has 2 aromatic rings. The number of hydrogen-bond acceptors (Lipinski definition) is 3. The highest BCUT2D eigenvalue weighted by Crippen LogP contribution is 2.31. The van der Waals surface area contributed by atoms with Crippen LogP contribution in [0.25, 0.3) is 11.0 Å². The van der Waals surface area contributed by atoms with Gasteiger partial charge in [0.15, 0.2) is 0 Å². The minimum Gasteiger partial charge on any atom is -0.489 e. The summed E-state index contributed by atoms with van der Waals surface area (Å²) in [5.41, 5.74) is 3.07. The second kappa shape index (κ2) is 4.69. The predicted octanol–water partition coefficient (Wildman–Crippen LogP) is 3.28. The van der Waals surface area contributed by atoms with Gasteiger partial charge in [-0.1, -0.05) is 12.7 Å². The molecule has 0 unspecified atom stereocenters. The van der Waals surface area contributed by atoms with E-state index in [2.05, 4.69) is 6.58 Å². The molecule has 0 fully saturated rings. The van der Waals surface area contributed by atoms with E-state index >= 15 is 0 Å². The van der Waals surface area contributed by atoms with Gasteiger partial charge in [0.05, 0.1) is 0 Å². The summed E-state index contributed by atoms with van der Waals surface area (Å²) in [6.45, 7) is 9.85. The molecule has 0 radical (unpaired) electrons. The monoisotopic (exact) mass is 244 g/mol. The lowest BCUT2D eigenvalue weighted by atomic mass is 10.0. The summed E-state index contributed by atoms with van der Waals surface area (Å²) in [7, 11) is 0. The van der Waals surface area contributed by atoms with Crippen LogP contribution in [0.5, 0.6) is 5.75 Å². The molecule has 1 aromatic carbocycles. The Bertz CT molecular complexity index is 665. The van der Waals surface area contributed by atoms with Gasteiger partial charge in [0, 0.05) is 17.0 Å². The summed E-state index contributed by atoms with van der Waals surface area (Å²) in [5.74, 6) is 0.760. The second-order valence-corrected chi connectivity index (χ2v) is 4.37. The fourth-order valence-electron chi connectivity index (χ4n) is 2.12. The summed E-state index contributed by atoms with van der Waals surface area (Å²) in [6, 6.07) is 3.49. The van der Waals surface area contributed by atoms with E-state index in [1.54, 1.807) is 6.08 Å². The van der Waals surface area contributed by atoms with Crippen LogP contribution in [0.1, 0.15) is 16.7 Å². The summed E-state index contributed by atoms with van der Waals surface area (Å²) in [4.78, 5) is 11.4. The first-order valence-electron chi connectivity index (χ1n) is 5.83. The summed E-state index contributed by atoms with van der Waals surface area (Å²) in [5, 5.41) is 0.954. The molecule has 1 aromatic heterocycles. The van der Waals surface area contributed by atoms with Crippen LogP contribution in [0.3, 0.4) is 0 Å². The van der Waals surface area contributed by atoms with Gasteiger partial charge >= 0.3 is 5.63 Å². The van der Waals surface area contributed by atoms with Crippen molar-refractivity contribution < 1.29 is 9.15 Å². The summed E-state index contributed by atoms with van der Waals surface area (Å²) >= 11 is 0.